The Morgan fingerprint density at radius 3 is 2.03 bits per heavy atom. The first-order valence-corrected chi connectivity index (χ1v) is 9.94. The second kappa shape index (κ2) is 10.2. The van der Waals surface area contributed by atoms with Gasteiger partial charge in [0.05, 0.1) is 11.3 Å². The van der Waals surface area contributed by atoms with Crippen LogP contribution in [0.4, 0.5) is 5.69 Å². The van der Waals surface area contributed by atoms with Gasteiger partial charge in [0.1, 0.15) is 6.04 Å². The fraction of sp³-hybridized carbons (Fsp3) is 0.120. The van der Waals surface area contributed by atoms with Crippen molar-refractivity contribution in [3.63, 3.8) is 0 Å². The van der Waals surface area contributed by atoms with E-state index < -0.39 is 17.9 Å². The highest BCUT2D eigenvalue weighted by molar-refractivity contribution is 6.09. The molecule has 3 aromatic rings. The summed E-state index contributed by atoms with van der Waals surface area (Å²) in [5, 5.41) is 14.7. The molecule has 3 aromatic carbocycles. The second-order valence-corrected chi connectivity index (χ2v) is 7.19. The van der Waals surface area contributed by atoms with E-state index in [0.29, 0.717) is 22.4 Å². The Hall–Kier alpha value is -4.26. The fourth-order valence-corrected chi connectivity index (χ4v) is 3.20. The van der Waals surface area contributed by atoms with Crippen LogP contribution in [0.25, 0.3) is 0 Å². The summed E-state index contributed by atoms with van der Waals surface area (Å²) in [5.74, 6) is -2.28. The molecule has 7 heteroatoms. The lowest BCUT2D eigenvalue weighted by atomic mass is 9.99. The Morgan fingerprint density at radius 1 is 0.812 bits per heavy atom. The third-order valence-electron chi connectivity index (χ3n) is 4.78. The van der Waals surface area contributed by atoms with E-state index in [1.807, 2.05) is 6.07 Å². The molecule has 3 N–H and O–H groups in total. The van der Waals surface area contributed by atoms with Crippen LogP contribution >= 0.6 is 0 Å². The Labute approximate surface area is 185 Å². The maximum atomic E-state index is 12.7. The van der Waals surface area contributed by atoms with Crippen LogP contribution in [0.2, 0.25) is 0 Å². The van der Waals surface area contributed by atoms with E-state index in [4.69, 9.17) is 0 Å². The largest absolute Gasteiger partial charge is 0.480 e. The van der Waals surface area contributed by atoms with Crippen LogP contribution in [0.1, 0.15) is 38.8 Å². The first-order valence-electron chi connectivity index (χ1n) is 9.94. The number of carbonyl (C=O) groups excluding carboxylic acids is 3. The molecule has 0 bridgehead atoms. The lowest BCUT2D eigenvalue weighted by Crippen LogP contribution is -2.42. The molecule has 3 rings (SSSR count). The van der Waals surface area contributed by atoms with Gasteiger partial charge in [-0.2, -0.15) is 0 Å². The number of carboxylic acids is 1. The van der Waals surface area contributed by atoms with E-state index in [1.54, 1.807) is 66.7 Å². The van der Waals surface area contributed by atoms with Crippen LogP contribution in [0.5, 0.6) is 0 Å². The summed E-state index contributed by atoms with van der Waals surface area (Å²) in [4.78, 5) is 48.3. The zero-order valence-electron chi connectivity index (χ0n) is 17.4. The predicted molar refractivity (Wildman–Crippen MR) is 120 cm³/mol. The monoisotopic (exact) mass is 430 g/mol. The van der Waals surface area contributed by atoms with Gasteiger partial charge in [-0.1, -0.05) is 66.7 Å². The normalized spacial score (nSPS) is 11.3. The molecule has 0 saturated heterocycles. The van der Waals surface area contributed by atoms with Gasteiger partial charge < -0.3 is 15.7 Å². The van der Waals surface area contributed by atoms with Gasteiger partial charge >= 0.3 is 5.97 Å². The molecule has 0 aromatic heterocycles. The summed E-state index contributed by atoms with van der Waals surface area (Å²) in [6.07, 6.45) is 0.0309. The van der Waals surface area contributed by atoms with Gasteiger partial charge in [-0.15, -0.1) is 0 Å². The van der Waals surface area contributed by atoms with Crippen molar-refractivity contribution in [1.29, 1.82) is 0 Å². The van der Waals surface area contributed by atoms with E-state index in [9.17, 15) is 24.3 Å². The summed E-state index contributed by atoms with van der Waals surface area (Å²) in [5.41, 5.74) is 2.16. The molecule has 162 valence electrons. The smallest absolute Gasteiger partial charge is 0.326 e. The number of carboxylic acid groups (broad SMARTS) is 1. The van der Waals surface area contributed by atoms with Crippen molar-refractivity contribution >= 4 is 29.3 Å². The molecule has 0 aliphatic carbocycles. The maximum absolute atomic E-state index is 12.7. The van der Waals surface area contributed by atoms with E-state index in [1.165, 1.54) is 13.0 Å². The standard InChI is InChI=1S/C25H22N2O5/c1-16(28)26-21-10-6-5-9-20(21)24(30)27-22(25(31)32)15-17-11-13-19(14-12-17)23(29)18-7-3-2-4-8-18/h2-14,22H,15H2,1H3,(H,26,28)(H,27,30)(H,31,32)/t22-/m1/s1. The molecule has 0 saturated carbocycles. The molecule has 0 spiro atoms. The van der Waals surface area contributed by atoms with Crippen LogP contribution in [0.15, 0.2) is 78.9 Å². The molecule has 32 heavy (non-hydrogen) atoms. The highest BCUT2D eigenvalue weighted by atomic mass is 16.4. The molecule has 0 radical (unpaired) electrons. The molecular weight excluding hydrogens is 408 g/mol. The van der Waals surface area contributed by atoms with Crippen LogP contribution in [-0.2, 0) is 16.0 Å². The maximum Gasteiger partial charge on any atom is 0.326 e. The van der Waals surface area contributed by atoms with Crippen molar-refractivity contribution in [2.45, 2.75) is 19.4 Å². The van der Waals surface area contributed by atoms with Crippen LogP contribution in [-0.4, -0.2) is 34.7 Å². The van der Waals surface area contributed by atoms with Crippen molar-refractivity contribution < 1.29 is 24.3 Å². The highest BCUT2D eigenvalue weighted by Gasteiger charge is 2.23. The molecule has 0 fully saturated rings. The van der Waals surface area contributed by atoms with Crippen molar-refractivity contribution in [3.8, 4) is 0 Å². The average molecular weight is 430 g/mol. The summed E-state index contributed by atoms with van der Waals surface area (Å²) in [6, 6.07) is 20.6. The van der Waals surface area contributed by atoms with Gasteiger partial charge in [-0.3, -0.25) is 14.4 Å². The number of nitrogens with one attached hydrogen (secondary N) is 2. The fourth-order valence-electron chi connectivity index (χ4n) is 3.20. The van der Waals surface area contributed by atoms with Gasteiger partial charge in [0, 0.05) is 24.5 Å². The van der Waals surface area contributed by atoms with Crippen molar-refractivity contribution in [1.82, 2.24) is 5.32 Å². The molecule has 0 heterocycles. The van der Waals surface area contributed by atoms with Gasteiger partial charge in [-0.25, -0.2) is 4.79 Å². The minimum Gasteiger partial charge on any atom is -0.480 e. The van der Waals surface area contributed by atoms with Gasteiger partial charge in [0.15, 0.2) is 5.78 Å². The minimum atomic E-state index is -1.19. The number of anilines is 1. The summed E-state index contributed by atoms with van der Waals surface area (Å²) >= 11 is 0. The highest BCUT2D eigenvalue weighted by Crippen LogP contribution is 2.16. The number of aliphatic carboxylic acids is 1. The number of benzene rings is 3. The van der Waals surface area contributed by atoms with Gasteiger partial charge in [-0.05, 0) is 17.7 Å². The summed E-state index contributed by atoms with van der Waals surface area (Å²) < 4.78 is 0. The van der Waals surface area contributed by atoms with E-state index in [-0.39, 0.29) is 23.7 Å². The van der Waals surface area contributed by atoms with Gasteiger partial charge in [0.2, 0.25) is 5.91 Å². The number of rotatable bonds is 8. The molecule has 1 atom stereocenters. The molecule has 0 aliphatic rings. The summed E-state index contributed by atoms with van der Waals surface area (Å²) in [7, 11) is 0. The topological polar surface area (TPSA) is 113 Å². The van der Waals surface area contributed by atoms with Crippen LogP contribution in [0, 0.1) is 0 Å². The van der Waals surface area contributed by atoms with Crippen LogP contribution in [0.3, 0.4) is 0 Å². The number of amides is 2. The minimum absolute atomic E-state index is 0.0309. The molecule has 2 amide bonds. The molecular formula is C25H22N2O5. The molecule has 7 nitrogen and oxygen atoms in total. The SMILES string of the molecule is CC(=O)Nc1ccccc1C(=O)N[C@H](Cc1ccc(C(=O)c2ccccc2)cc1)C(=O)O. The third kappa shape index (κ3) is 5.66. The second-order valence-electron chi connectivity index (χ2n) is 7.19. The zero-order valence-corrected chi connectivity index (χ0v) is 17.4. The number of carbonyl (C=O) groups is 4. The Balaban J connectivity index is 1.72. The number of ketones is 1. The first-order chi connectivity index (χ1) is 15.3. The van der Waals surface area contributed by atoms with E-state index in [2.05, 4.69) is 10.6 Å². The first kappa shape index (κ1) is 22.4. The number of para-hydroxylation sites is 1. The van der Waals surface area contributed by atoms with Crippen molar-refractivity contribution in [3.05, 3.63) is 101 Å². The van der Waals surface area contributed by atoms with E-state index >= 15 is 0 Å². The van der Waals surface area contributed by atoms with Crippen molar-refractivity contribution in [2.24, 2.45) is 0 Å². The molecule has 0 aliphatic heterocycles. The average Bonchev–Trinajstić information content (AvgIpc) is 2.79. The van der Waals surface area contributed by atoms with Crippen LogP contribution < -0.4 is 10.6 Å². The predicted octanol–water partition coefficient (Wildman–Crippen LogP) is 3.30. The Bertz CT molecular complexity index is 1140. The van der Waals surface area contributed by atoms with E-state index in [0.717, 1.165) is 0 Å². The lowest BCUT2D eigenvalue weighted by Gasteiger charge is -2.16. The summed E-state index contributed by atoms with van der Waals surface area (Å²) in [6.45, 7) is 1.32. The lowest BCUT2D eigenvalue weighted by molar-refractivity contribution is -0.139. The Morgan fingerprint density at radius 2 is 1.41 bits per heavy atom. The third-order valence-corrected chi connectivity index (χ3v) is 4.78. The Kier molecular flexibility index (Phi) is 7.13. The number of hydrogen-bond donors (Lipinski definition) is 3. The zero-order chi connectivity index (χ0) is 23.1. The molecule has 0 unspecified atom stereocenters. The number of hydrogen-bond acceptors (Lipinski definition) is 4. The van der Waals surface area contributed by atoms with Crippen molar-refractivity contribution in [2.75, 3.05) is 5.32 Å². The van der Waals surface area contributed by atoms with Gasteiger partial charge in [0.25, 0.3) is 5.91 Å². The quantitative estimate of drug-likeness (QED) is 0.475.